The minimum Gasteiger partial charge on any atom is -0.344 e. The molecule has 0 saturated heterocycles. The standard InChI is InChI=1S/C26H26N2O2S/c1-19-14-16-23(17-15-19)24-20(2)27-26(25(24)22-12-8-5-9-13-22)28(31(3,29)30)18-21-10-6-4-7-11-21/h4-17,27H,18H2,1-3H3. The van der Waals surface area contributed by atoms with Gasteiger partial charge in [0.05, 0.1) is 12.8 Å². The molecule has 3 aromatic carbocycles. The van der Waals surface area contributed by atoms with E-state index < -0.39 is 10.0 Å². The minimum atomic E-state index is -3.54. The van der Waals surface area contributed by atoms with Crippen molar-refractivity contribution in [1.29, 1.82) is 0 Å². The zero-order valence-electron chi connectivity index (χ0n) is 18.0. The monoisotopic (exact) mass is 430 g/mol. The number of aromatic nitrogens is 1. The van der Waals surface area contributed by atoms with Crippen LogP contribution < -0.4 is 4.31 Å². The lowest BCUT2D eigenvalue weighted by Crippen LogP contribution is -2.30. The Hall–Kier alpha value is -3.31. The molecule has 4 rings (SSSR count). The second-order valence-electron chi connectivity index (χ2n) is 7.84. The van der Waals surface area contributed by atoms with Crippen molar-refractivity contribution in [3.05, 3.63) is 102 Å². The summed E-state index contributed by atoms with van der Waals surface area (Å²) in [6.07, 6.45) is 1.26. The Bertz CT molecular complexity index is 1280. The topological polar surface area (TPSA) is 53.2 Å². The van der Waals surface area contributed by atoms with Crippen LogP contribution in [-0.4, -0.2) is 19.7 Å². The number of benzene rings is 3. The zero-order valence-corrected chi connectivity index (χ0v) is 18.8. The fraction of sp³-hybridized carbons (Fsp3) is 0.154. The number of H-pyrrole nitrogens is 1. The lowest BCUT2D eigenvalue weighted by atomic mass is 9.95. The van der Waals surface area contributed by atoms with Gasteiger partial charge in [-0.2, -0.15) is 0 Å². The molecule has 0 unspecified atom stereocenters. The highest BCUT2D eigenvalue weighted by atomic mass is 32.2. The van der Waals surface area contributed by atoms with Gasteiger partial charge in [0.2, 0.25) is 10.0 Å². The maximum Gasteiger partial charge on any atom is 0.233 e. The third-order valence-electron chi connectivity index (χ3n) is 5.39. The van der Waals surface area contributed by atoms with Crippen LogP contribution in [0.4, 0.5) is 5.82 Å². The van der Waals surface area contributed by atoms with Gasteiger partial charge in [-0.05, 0) is 30.5 Å². The fourth-order valence-electron chi connectivity index (χ4n) is 3.87. The Morgan fingerprint density at radius 1 is 0.742 bits per heavy atom. The summed E-state index contributed by atoms with van der Waals surface area (Å²) in [4.78, 5) is 3.40. The van der Waals surface area contributed by atoms with Gasteiger partial charge in [-0.25, -0.2) is 8.42 Å². The van der Waals surface area contributed by atoms with Crippen LogP contribution in [0.25, 0.3) is 22.3 Å². The third-order valence-corrected chi connectivity index (χ3v) is 6.50. The Balaban J connectivity index is 1.96. The summed E-state index contributed by atoms with van der Waals surface area (Å²) in [6.45, 7) is 4.31. The van der Waals surface area contributed by atoms with E-state index in [4.69, 9.17) is 0 Å². The molecule has 0 fully saturated rings. The first-order chi connectivity index (χ1) is 14.8. The van der Waals surface area contributed by atoms with Gasteiger partial charge in [-0.15, -0.1) is 0 Å². The van der Waals surface area contributed by atoms with Crippen LogP contribution in [0.15, 0.2) is 84.9 Å². The molecule has 158 valence electrons. The van der Waals surface area contributed by atoms with Gasteiger partial charge in [-0.3, -0.25) is 4.31 Å². The average molecular weight is 431 g/mol. The van der Waals surface area contributed by atoms with E-state index in [1.807, 2.05) is 67.6 Å². The first-order valence-electron chi connectivity index (χ1n) is 10.2. The van der Waals surface area contributed by atoms with Crippen LogP contribution in [0.1, 0.15) is 16.8 Å². The van der Waals surface area contributed by atoms with Gasteiger partial charge in [0.1, 0.15) is 5.82 Å². The highest BCUT2D eigenvalue weighted by molar-refractivity contribution is 7.92. The molecule has 0 aliphatic rings. The highest BCUT2D eigenvalue weighted by Gasteiger charge is 2.27. The average Bonchev–Trinajstić information content (AvgIpc) is 3.09. The van der Waals surface area contributed by atoms with Gasteiger partial charge in [0.25, 0.3) is 0 Å². The molecule has 4 aromatic rings. The second-order valence-corrected chi connectivity index (χ2v) is 9.74. The molecule has 1 N–H and O–H groups in total. The molecule has 0 atom stereocenters. The van der Waals surface area contributed by atoms with Crippen molar-refractivity contribution in [2.45, 2.75) is 20.4 Å². The van der Waals surface area contributed by atoms with E-state index in [-0.39, 0.29) is 6.54 Å². The number of nitrogens with zero attached hydrogens (tertiary/aromatic N) is 1. The molecule has 0 saturated carbocycles. The fourth-order valence-corrected chi connectivity index (χ4v) is 4.73. The van der Waals surface area contributed by atoms with Gasteiger partial charge in [0, 0.05) is 16.8 Å². The zero-order chi connectivity index (χ0) is 22.0. The Kier molecular flexibility index (Phi) is 5.70. The number of sulfonamides is 1. The Morgan fingerprint density at radius 2 is 1.29 bits per heavy atom. The van der Waals surface area contributed by atoms with E-state index in [2.05, 4.69) is 36.2 Å². The maximum atomic E-state index is 12.9. The Labute approximate surface area is 184 Å². The maximum absolute atomic E-state index is 12.9. The quantitative estimate of drug-likeness (QED) is 0.412. The van der Waals surface area contributed by atoms with Crippen LogP contribution in [0.3, 0.4) is 0 Å². The lowest BCUT2D eigenvalue weighted by molar-refractivity contribution is 0.596. The van der Waals surface area contributed by atoms with Gasteiger partial charge in [0.15, 0.2) is 0 Å². The van der Waals surface area contributed by atoms with Crippen LogP contribution in [-0.2, 0) is 16.6 Å². The summed E-state index contributed by atoms with van der Waals surface area (Å²) in [6, 6.07) is 27.9. The SMILES string of the molecule is Cc1ccc(-c2c(C)[nH]c(N(Cc3ccccc3)S(C)(=O)=O)c2-c2ccccc2)cc1. The molecule has 5 heteroatoms. The molecule has 0 aliphatic carbocycles. The summed E-state index contributed by atoms with van der Waals surface area (Å²) in [7, 11) is -3.54. The number of rotatable bonds is 6. The van der Waals surface area contributed by atoms with Crippen molar-refractivity contribution in [3.8, 4) is 22.3 Å². The van der Waals surface area contributed by atoms with Crippen LogP contribution in [0, 0.1) is 13.8 Å². The van der Waals surface area contributed by atoms with E-state index in [0.29, 0.717) is 5.82 Å². The summed E-state index contributed by atoms with van der Waals surface area (Å²) < 4.78 is 27.3. The van der Waals surface area contributed by atoms with Gasteiger partial charge >= 0.3 is 0 Å². The summed E-state index contributed by atoms with van der Waals surface area (Å²) in [5.41, 5.74) is 6.97. The number of hydrogen-bond acceptors (Lipinski definition) is 2. The number of aromatic amines is 1. The third kappa shape index (κ3) is 4.42. The van der Waals surface area contributed by atoms with Crippen molar-refractivity contribution in [3.63, 3.8) is 0 Å². The summed E-state index contributed by atoms with van der Waals surface area (Å²) in [5, 5.41) is 0. The van der Waals surface area contributed by atoms with E-state index in [0.717, 1.165) is 33.5 Å². The molecule has 0 radical (unpaired) electrons. The first kappa shape index (κ1) is 20.9. The molecule has 0 bridgehead atoms. The number of anilines is 1. The summed E-state index contributed by atoms with van der Waals surface area (Å²) >= 11 is 0. The molecule has 0 spiro atoms. The number of hydrogen-bond donors (Lipinski definition) is 1. The molecular formula is C26H26N2O2S. The largest absolute Gasteiger partial charge is 0.344 e. The minimum absolute atomic E-state index is 0.257. The predicted octanol–water partition coefficient (Wildman–Crippen LogP) is 5.93. The molecule has 4 nitrogen and oxygen atoms in total. The number of aryl methyl sites for hydroxylation is 2. The van der Waals surface area contributed by atoms with Crippen LogP contribution >= 0.6 is 0 Å². The normalized spacial score (nSPS) is 11.5. The first-order valence-corrected chi connectivity index (χ1v) is 12.1. The molecule has 0 aliphatic heterocycles. The van der Waals surface area contributed by atoms with Crippen LogP contribution in [0.5, 0.6) is 0 Å². The van der Waals surface area contributed by atoms with Gasteiger partial charge in [-0.1, -0.05) is 90.5 Å². The van der Waals surface area contributed by atoms with E-state index in [1.165, 1.54) is 16.1 Å². The highest BCUT2D eigenvalue weighted by Crippen LogP contribution is 2.43. The molecule has 1 aromatic heterocycles. The van der Waals surface area contributed by atoms with E-state index in [1.54, 1.807) is 0 Å². The number of nitrogens with one attached hydrogen (secondary N) is 1. The van der Waals surface area contributed by atoms with E-state index in [9.17, 15) is 8.42 Å². The van der Waals surface area contributed by atoms with Crippen molar-refractivity contribution >= 4 is 15.8 Å². The smallest absolute Gasteiger partial charge is 0.233 e. The molecule has 31 heavy (non-hydrogen) atoms. The Morgan fingerprint density at radius 3 is 1.87 bits per heavy atom. The van der Waals surface area contributed by atoms with Crippen molar-refractivity contribution in [1.82, 2.24) is 4.98 Å². The van der Waals surface area contributed by atoms with Crippen molar-refractivity contribution in [2.75, 3.05) is 10.6 Å². The predicted molar refractivity (Wildman–Crippen MR) is 129 cm³/mol. The lowest BCUT2D eigenvalue weighted by Gasteiger charge is -2.23. The van der Waals surface area contributed by atoms with E-state index >= 15 is 0 Å². The van der Waals surface area contributed by atoms with Gasteiger partial charge < -0.3 is 4.98 Å². The second kappa shape index (κ2) is 8.44. The molecular weight excluding hydrogens is 404 g/mol. The van der Waals surface area contributed by atoms with Crippen molar-refractivity contribution < 1.29 is 8.42 Å². The van der Waals surface area contributed by atoms with Crippen molar-refractivity contribution in [2.24, 2.45) is 0 Å². The summed E-state index contributed by atoms with van der Waals surface area (Å²) in [5.74, 6) is 0.589. The molecule has 1 heterocycles. The molecule has 0 amide bonds. The van der Waals surface area contributed by atoms with Crippen LogP contribution in [0.2, 0.25) is 0 Å².